The molecule has 122 valence electrons. The van der Waals surface area contributed by atoms with Crippen LogP contribution >= 0.6 is 0 Å². The Balaban J connectivity index is 2.00. The third kappa shape index (κ3) is 2.56. The molecule has 2 aromatic carbocycles. The van der Waals surface area contributed by atoms with Crippen molar-refractivity contribution in [2.24, 2.45) is 0 Å². The number of hydrogen-bond acceptors (Lipinski definition) is 3. The molecule has 24 heavy (non-hydrogen) atoms. The number of amides is 1. The van der Waals surface area contributed by atoms with Crippen LogP contribution in [0.5, 0.6) is 0 Å². The average molecular weight is 335 g/mol. The Morgan fingerprint density at radius 2 is 1.54 bits per heavy atom. The van der Waals surface area contributed by atoms with Crippen molar-refractivity contribution < 1.29 is 18.0 Å². The monoisotopic (exact) mass is 335 g/mol. The fourth-order valence-electron chi connectivity index (χ4n) is 2.16. The summed E-state index contributed by atoms with van der Waals surface area (Å²) in [6, 6.07) is 5.23. The quantitative estimate of drug-likeness (QED) is 0.624. The summed E-state index contributed by atoms with van der Waals surface area (Å²) >= 11 is 0. The Bertz CT molecular complexity index is 1090. The van der Waals surface area contributed by atoms with E-state index in [1.54, 1.807) is 0 Å². The van der Waals surface area contributed by atoms with E-state index in [1.165, 1.54) is 18.2 Å². The lowest BCUT2D eigenvalue weighted by Gasteiger charge is -2.07. The molecule has 6 nitrogen and oxygen atoms in total. The standard InChI is InChI=1S/C15H8F3N3O3/c16-10-4-3-8(11(17)12(10)18)13(22)19-6-1-2-7-9(5-6)15(24)21-20-14(7)23/h1-5H,(H,19,22)(H,20,23)(H,21,24). The first-order valence-corrected chi connectivity index (χ1v) is 6.58. The summed E-state index contributed by atoms with van der Waals surface area (Å²) in [5, 5.41) is 6.61. The van der Waals surface area contributed by atoms with Gasteiger partial charge < -0.3 is 5.32 Å². The zero-order valence-electron chi connectivity index (χ0n) is 11.7. The van der Waals surface area contributed by atoms with Crippen molar-refractivity contribution in [2.75, 3.05) is 5.32 Å². The van der Waals surface area contributed by atoms with Crippen molar-refractivity contribution in [1.82, 2.24) is 10.2 Å². The SMILES string of the molecule is O=C(Nc1ccc2c(=O)[nH][nH]c(=O)c2c1)c1ccc(F)c(F)c1F. The highest BCUT2D eigenvalue weighted by molar-refractivity contribution is 6.05. The molecule has 1 heterocycles. The van der Waals surface area contributed by atoms with Gasteiger partial charge in [0.05, 0.1) is 16.3 Å². The van der Waals surface area contributed by atoms with Crippen LogP contribution in [0.25, 0.3) is 10.8 Å². The molecule has 3 aromatic rings. The molecule has 0 spiro atoms. The molecule has 0 atom stereocenters. The minimum Gasteiger partial charge on any atom is -0.322 e. The maximum Gasteiger partial charge on any atom is 0.270 e. The van der Waals surface area contributed by atoms with E-state index in [9.17, 15) is 27.6 Å². The first-order chi connectivity index (χ1) is 11.4. The number of nitrogens with one attached hydrogen (secondary N) is 3. The molecular formula is C15H8F3N3O3. The number of anilines is 1. The fraction of sp³-hybridized carbons (Fsp3) is 0. The van der Waals surface area contributed by atoms with Gasteiger partial charge in [0, 0.05) is 5.69 Å². The highest BCUT2D eigenvalue weighted by atomic mass is 19.2. The first-order valence-electron chi connectivity index (χ1n) is 6.58. The van der Waals surface area contributed by atoms with E-state index in [-0.39, 0.29) is 16.5 Å². The van der Waals surface area contributed by atoms with Crippen LogP contribution in [-0.4, -0.2) is 16.1 Å². The van der Waals surface area contributed by atoms with E-state index in [0.717, 1.165) is 6.07 Å². The minimum atomic E-state index is -1.76. The summed E-state index contributed by atoms with van der Waals surface area (Å²) in [6.45, 7) is 0. The van der Waals surface area contributed by atoms with Crippen LogP contribution < -0.4 is 16.4 Å². The second kappa shape index (κ2) is 5.69. The van der Waals surface area contributed by atoms with Crippen molar-refractivity contribution in [3.63, 3.8) is 0 Å². The predicted molar refractivity (Wildman–Crippen MR) is 79.5 cm³/mol. The maximum atomic E-state index is 13.6. The Labute approximate surface area is 130 Å². The van der Waals surface area contributed by atoms with Crippen LogP contribution in [-0.2, 0) is 0 Å². The lowest BCUT2D eigenvalue weighted by Crippen LogP contribution is -2.20. The highest BCUT2D eigenvalue weighted by Crippen LogP contribution is 2.18. The third-order valence-corrected chi connectivity index (χ3v) is 3.34. The maximum absolute atomic E-state index is 13.6. The summed E-state index contributed by atoms with van der Waals surface area (Å²) in [4.78, 5) is 35.2. The van der Waals surface area contributed by atoms with E-state index < -0.39 is 40.0 Å². The number of fused-ring (bicyclic) bond motifs is 1. The number of aromatic amines is 2. The van der Waals surface area contributed by atoms with Gasteiger partial charge in [0.1, 0.15) is 0 Å². The van der Waals surface area contributed by atoms with Gasteiger partial charge >= 0.3 is 0 Å². The molecule has 0 aliphatic rings. The molecule has 9 heteroatoms. The van der Waals surface area contributed by atoms with Gasteiger partial charge in [-0.3, -0.25) is 24.6 Å². The second-order valence-electron chi connectivity index (χ2n) is 4.85. The van der Waals surface area contributed by atoms with Crippen LogP contribution in [0.15, 0.2) is 39.9 Å². The zero-order chi connectivity index (χ0) is 17.4. The normalized spacial score (nSPS) is 10.8. The molecule has 0 unspecified atom stereocenters. The third-order valence-electron chi connectivity index (χ3n) is 3.34. The largest absolute Gasteiger partial charge is 0.322 e. The van der Waals surface area contributed by atoms with Gasteiger partial charge in [-0.25, -0.2) is 13.2 Å². The van der Waals surface area contributed by atoms with Gasteiger partial charge in [0.25, 0.3) is 17.0 Å². The van der Waals surface area contributed by atoms with Crippen LogP contribution in [0.3, 0.4) is 0 Å². The summed E-state index contributed by atoms with van der Waals surface area (Å²) in [6.07, 6.45) is 0. The molecule has 1 amide bonds. The fourth-order valence-corrected chi connectivity index (χ4v) is 2.16. The molecule has 3 N–H and O–H groups in total. The number of carbonyl (C=O) groups is 1. The van der Waals surface area contributed by atoms with E-state index in [2.05, 4.69) is 15.5 Å². The Kier molecular flexibility index (Phi) is 3.68. The highest BCUT2D eigenvalue weighted by Gasteiger charge is 2.19. The van der Waals surface area contributed by atoms with Gasteiger partial charge in [-0.1, -0.05) is 0 Å². The molecule has 0 aliphatic heterocycles. The molecule has 1 aromatic heterocycles. The van der Waals surface area contributed by atoms with Crippen molar-refractivity contribution in [1.29, 1.82) is 0 Å². The Hall–Kier alpha value is -3.36. The molecule has 0 saturated heterocycles. The van der Waals surface area contributed by atoms with Crippen molar-refractivity contribution >= 4 is 22.4 Å². The van der Waals surface area contributed by atoms with Crippen molar-refractivity contribution in [3.05, 3.63) is 74.1 Å². The average Bonchev–Trinajstić information content (AvgIpc) is 2.56. The number of hydrogen-bond donors (Lipinski definition) is 3. The molecule has 0 radical (unpaired) electrons. The van der Waals surface area contributed by atoms with E-state index in [4.69, 9.17) is 0 Å². The molecule has 0 bridgehead atoms. The second-order valence-corrected chi connectivity index (χ2v) is 4.85. The van der Waals surface area contributed by atoms with E-state index >= 15 is 0 Å². The number of carbonyl (C=O) groups excluding carboxylic acids is 1. The van der Waals surface area contributed by atoms with Gasteiger partial charge in [-0.15, -0.1) is 0 Å². The van der Waals surface area contributed by atoms with Crippen LogP contribution in [0.4, 0.5) is 18.9 Å². The van der Waals surface area contributed by atoms with Gasteiger partial charge in [0.15, 0.2) is 17.5 Å². The predicted octanol–water partition coefficient (Wildman–Crippen LogP) is 1.89. The van der Waals surface area contributed by atoms with E-state index in [0.29, 0.717) is 6.07 Å². The van der Waals surface area contributed by atoms with Crippen molar-refractivity contribution in [2.45, 2.75) is 0 Å². The number of benzene rings is 2. The molecular weight excluding hydrogens is 327 g/mol. The summed E-state index contributed by atoms with van der Waals surface area (Å²) in [7, 11) is 0. The van der Waals surface area contributed by atoms with Gasteiger partial charge in [0.2, 0.25) is 0 Å². The lowest BCUT2D eigenvalue weighted by molar-refractivity contribution is 0.102. The van der Waals surface area contributed by atoms with Gasteiger partial charge in [-0.05, 0) is 30.3 Å². The summed E-state index contributed by atoms with van der Waals surface area (Å²) in [5.74, 6) is -5.83. The number of halogens is 3. The van der Waals surface area contributed by atoms with Gasteiger partial charge in [-0.2, -0.15) is 0 Å². The number of aromatic nitrogens is 2. The number of rotatable bonds is 2. The molecule has 3 rings (SSSR count). The summed E-state index contributed by atoms with van der Waals surface area (Å²) in [5.41, 5.74) is -1.75. The smallest absolute Gasteiger partial charge is 0.270 e. The minimum absolute atomic E-state index is 0.00214. The van der Waals surface area contributed by atoms with Crippen LogP contribution in [0.1, 0.15) is 10.4 Å². The van der Waals surface area contributed by atoms with Crippen LogP contribution in [0.2, 0.25) is 0 Å². The van der Waals surface area contributed by atoms with Crippen LogP contribution in [0, 0.1) is 17.5 Å². The Morgan fingerprint density at radius 1 is 0.875 bits per heavy atom. The Morgan fingerprint density at radius 3 is 2.25 bits per heavy atom. The molecule has 0 saturated carbocycles. The summed E-state index contributed by atoms with van der Waals surface area (Å²) < 4.78 is 39.7. The zero-order valence-corrected chi connectivity index (χ0v) is 11.7. The lowest BCUT2D eigenvalue weighted by atomic mass is 10.1. The molecule has 0 aliphatic carbocycles. The topological polar surface area (TPSA) is 94.8 Å². The first kappa shape index (κ1) is 15.5. The van der Waals surface area contributed by atoms with Crippen molar-refractivity contribution in [3.8, 4) is 0 Å². The molecule has 0 fully saturated rings. The van der Waals surface area contributed by atoms with E-state index in [1.807, 2.05) is 0 Å². The number of H-pyrrole nitrogens is 2.